The van der Waals surface area contributed by atoms with Gasteiger partial charge in [-0.15, -0.1) is 0 Å². The molecule has 0 radical (unpaired) electrons. The lowest BCUT2D eigenvalue weighted by Gasteiger charge is -2.39. The fraction of sp³-hybridized carbons (Fsp3) is 0.571. The van der Waals surface area contributed by atoms with Gasteiger partial charge in [-0.3, -0.25) is 0 Å². The summed E-state index contributed by atoms with van der Waals surface area (Å²) < 4.78 is 13.7. The van der Waals surface area contributed by atoms with E-state index in [1.807, 2.05) is 6.07 Å². The van der Waals surface area contributed by atoms with Crippen LogP contribution in [0.3, 0.4) is 0 Å². The quantitative estimate of drug-likeness (QED) is 0.848. The summed E-state index contributed by atoms with van der Waals surface area (Å²) in [4.78, 5) is 2.41. The van der Waals surface area contributed by atoms with E-state index in [4.69, 9.17) is 5.11 Å². The largest absolute Gasteiger partial charge is 0.392 e. The predicted octanol–water partition coefficient (Wildman–Crippen LogP) is 2.20. The van der Waals surface area contributed by atoms with E-state index in [1.54, 1.807) is 6.07 Å². The first-order valence-corrected chi connectivity index (χ1v) is 6.33. The normalized spacial score (nSPS) is 17.1. The van der Waals surface area contributed by atoms with Crippen LogP contribution in [0, 0.1) is 11.7 Å². The standard InChI is InChI=1S/C14H20FNO/c1-2-5-16-8-12(9-16)6-13-4-3-11(10-17)7-14(13)15/h3-4,7,12,17H,2,5-6,8-10H2,1H3. The van der Waals surface area contributed by atoms with Crippen LogP contribution in [0.2, 0.25) is 0 Å². The van der Waals surface area contributed by atoms with Gasteiger partial charge in [0.2, 0.25) is 0 Å². The van der Waals surface area contributed by atoms with Crippen molar-refractivity contribution in [3.8, 4) is 0 Å². The molecule has 1 saturated heterocycles. The number of halogens is 1. The second kappa shape index (κ2) is 5.61. The number of aliphatic hydroxyl groups is 1. The third-order valence-corrected chi connectivity index (χ3v) is 3.38. The van der Waals surface area contributed by atoms with E-state index >= 15 is 0 Å². The maximum Gasteiger partial charge on any atom is 0.126 e. The first-order chi connectivity index (χ1) is 8.22. The fourth-order valence-corrected chi connectivity index (χ4v) is 2.47. The predicted molar refractivity (Wildman–Crippen MR) is 66.2 cm³/mol. The number of nitrogens with zero attached hydrogens (tertiary/aromatic N) is 1. The zero-order valence-corrected chi connectivity index (χ0v) is 10.3. The Kier molecular flexibility index (Phi) is 4.13. The zero-order valence-electron chi connectivity index (χ0n) is 10.3. The molecule has 0 bridgehead atoms. The number of rotatable bonds is 5. The molecule has 2 nitrogen and oxygen atoms in total. The second-order valence-corrected chi connectivity index (χ2v) is 4.91. The van der Waals surface area contributed by atoms with Gasteiger partial charge in [-0.05, 0) is 42.5 Å². The fourth-order valence-electron chi connectivity index (χ4n) is 2.47. The average molecular weight is 237 g/mol. The first-order valence-electron chi connectivity index (χ1n) is 6.33. The van der Waals surface area contributed by atoms with Crippen LogP contribution in [-0.4, -0.2) is 29.6 Å². The molecule has 1 N–H and O–H groups in total. The Morgan fingerprint density at radius 3 is 2.76 bits per heavy atom. The number of benzene rings is 1. The Bertz CT molecular complexity index is 374. The van der Waals surface area contributed by atoms with Crippen molar-refractivity contribution in [1.29, 1.82) is 0 Å². The SMILES string of the molecule is CCCN1CC(Cc2ccc(CO)cc2F)C1. The van der Waals surface area contributed by atoms with Gasteiger partial charge in [0.25, 0.3) is 0 Å². The Morgan fingerprint density at radius 2 is 2.18 bits per heavy atom. The summed E-state index contributed by atoms with van der Waals surface area (Å²) >= 11 is 0. The highest BCUT2D eigenvalue weighted by molar-refractivity contribution is 5.24. The molecule has 0 spiro atoms. The minimum atomic E-state index is -0.175. The molecule has 1 aliphatic heterocycles. The summed E-state index contributed by atoms with van der Waals surface area (Å²) in [5.74, 6) is 0.418. The highest BCUT2D eigenvalue weighted by atomic mass is 19.1. The Labute approximate surface area is 102 Å². The van der Waals surface area contributed by atoms with Crippen LogP contribution >= 0.6 is 0 Å². The number of aliphatic hydroxyl groups excluding tert-OH is 1. The van der Waals surface area contributed by atoms with Crippen molar-refractivity contribution < 1.29 is 9.50 Å². The van der Waals surface area contributed by atoms with E-state index < -0.39 is 0 Å². The van der Waals surface area contributed by atoms with Crippen LogP contribution in [0.5, 0.6) is 0 Å². The van der Waals surface area contributed by atoms with Crippen LogP contribution in [0.4, 0.5) is 4.39 Å². The highest BCUT2D eigenvalue weighted by Gasteiger charge is 2.26. The van der Waals surface area contributed by atoms with E-state index in [0.29, 0.717) is 11.5 Å². The van der Waals surface area contributed by atoms with Crippen LogP contribution in [-0.2, 0) is 13.0 Å². The molecule has 0 aliphatic carbocycles. The smallest absolute Gasteiger partial charge is 0.126 e. The molecule has 1 aromatic rings. The zero-order chi connectivity index (χ0) is 12.3. The summed E-state index contributed by atoms with van der Waals surface area (Å²) in [6.07, 6.45) is 2.00. The summed E-state index contributed by atoms with van der Waals surface area (Å²) in [6, 6.07) is 5.06. The van der Waals surface area contributed by atoms with Crippen molar-refractivity contribution in [3.05, 3.63) is 35.1 Å². The van der Waals surface area contributed by atoms with E-state index in [1.165, 1.54) is 12.5 Å². The summed E-state index contributed by atoms with van der Waals surface area (Å²) in [7, 11) is 0. The van der Waals surface area contributed by atoms with Crippen molar-refractivity contribution in [3.63, 3.8) is 0 Å². The van der Waals surface area contributed by atoms with Gasteiger partial charge in [0.05, 0.1) is 6.61 Å². The molecule has 17 heavy (non-hydrogen) atoms. The molecule has 1 fully saturated rings. The van der Waals surface area contributed by atoms with Gasteiger partial charge >= 0.3 is 0 Å². The maximum atomic E-state index is 13.7. The van der Waals surface area contributed by atoms with Crippen LogP contribution in [0.1, 0.15) is 24.5 Å². The second-order valence-electron chi connectivity index (χ2n) is 4.91. The topological polar surface area (TPSA) is 23.5 Å². The van der Waals surface area contributed by atoms with Crippen molar-refractivity contribution >= 4 is 0 Å². The highest BCUT2D eigenvalue weighted by Crippen LogP contribution is 2.22. The molecule has 1 aliphatic rings. The van der Waals surface area contributed by atoms with Gasteiger partial charge in [0.15, 0.2) is 0 Å². The minimum absolute atomic E-state index is 0.0924. The van der Waals surface area contributed by atoms with Crippen molar-refractivity contribution in [2.75, 3.05) is 19.6 Å². The van der Waals surface area contributed by atoms with E-state index in [0.717, 1.165) is 31.6 Å². The molecule has 1 aromatic carbocycles. The molecule has 3 heteroatoms. The summed E-state index contributed by atoms with van der Waals surface area (Å²) in [5.41, 5.74) is 1.43. The van der Waals surface area contributed by atoms with Gasteiger partial charge in [0.1, 0.15) is 5.82 Å². The van der Waals surface area contributed by atoms with Crippen LogP contribution < -0.4 is 0 Å². The number of hydrogen-bond acceptors (Lipinski definition) is 2. The molecular formula is C14H20FNO. The van der Waals surface area contributed by atoms with Gasteiger partial charge < -0.3 is 10.0 Å². The lowest BCUT2D eigenvalue weighted by molar-refractivity contribution is 0.100. The van der Waals surface area contributed by atoms with Gasteiger partial charge in [-0.25, -0.2) is 4.39 Å². The molecule has 0 atom stereocenters. The molecule has 94 valence electrons. The van der Waals surface area contributed by atoms with Crippen molar-refractivity contribution in [1.82, 2.24) is 4.90 Å². The van der Waals surface area contributed by atoms with Crippen molar-refractivity contribution in [2.45, 2.75) is 26.4 Å². The number of likely N-dealkylation sites (tertiary alicyclic amines) is 1. The van der Waals surface area contributed by atoms with Gasteiger partial charge in [-0.1, -0.05) is 19.1 Å². The lowest BCUT2D eigenvalue weighted by Crippen LogP contribution is -2.47. The van der Waals surface area contributed by atoms with Crippen LogP contribution in [0.25, 0.3) is 0 Å². The molecule has 1 heterocycles. The third kappa shape index (κ3) is 3.05. The van der Waals surface area contributed by atoms with Gasteiger partial charge in [-0.2, -0.15) is 0 Å². The first kappa shape index (κ1) is 12.5. The molecule has 0 aromatic heterocycles. The third-order valence-electron chi connectivity index (χ3n) is 3.38. The molecule has 0 saturated carbocycles. The molecule has 0 unspecified atom stereocenters. The molecule has 0 amide bonds. The Balaban J connectivity index is 1.88. The summed E-state index contributed by atoms with van der Waals surface area (Å²) in [6.45, 7) is 5.43. The Hall–Kier alpha value is -0.930. The van der Waals surface area contributed by atoms with E-state index in [-0.39, 0.29) is 12.4 Å². The average Bonchev–Trinajstić information content (AvgIpc) is 2.28. The summed E-state index contributed by atoms with van der Waals surface area (Å²) in [5, 5.41) is 8.91. The Morgan fingerprint density at radius 1 is 1.41 bits per heavy atom. The van der Waals surface area contributed by atoms with E-state index in [9.17, 15) is 4.39 Å². The van der Waals surface area contributed by atoms with E-state index in [2.05, 4.69) is 11.8 Å². The molecule has 2 rings (SSSR count). The van der Waals surface area contributed by atoms with Crippen molar-refractivity contribution in [2.24, 2.45) is 5.92 Å². The van der Waals surface area contributed by atoms with Crippen LogP contribution in [0.15, 0.2) is 18.2 Å². The van der Waals surface area contributed by atoms with Gasteiger partial charge in [0, 0.05) is 13.1 Å². The monoisotopic (exact) mass is 237 g/mol. The maximum absolute atomic E-state index is 13.7. The number of hydrogen-bond donors (Lipinski definition) is 1. The molecular weight excluding hydrogens is 217 g/mol. The lowest BCUT2D eigenvalue weighted by atomic mass is 9.91. The minimum Gasteiger partial charge on any atom is -0.392 e.